The molecule has 0 bridgehead atoms. The van der Waals surface area contributed by atoms with Gasteiger partial charge in [0.05, 0.1) is 18.9 Å². The average Bonchev–Trinajstić information content (AvgIpc) is 2.71. The van der Waals surface area contributed by atoms with Gasteiger partial charge in [0, 0.05) is 31.5 Å². The molecule has 1 aromatic heterocycles. The molecule has 0 fully saturated rings. The van der Waals surface area contributed by atoms with E-state index in [1.54, 1.807) is 11.8 Å². The largest absolute Gasteiger partial charge is 0.464 e. The number of aryl methyl sites for hydroxylation is 1. The van der Waals surface area contributed by atoms with Crippen LogP contribution in [-0.2, 0) is 27.4 Å². The molecule has 1 rings (SSSR count). The monoisotopic (exact) mass is 297 g/mol. The highest BCUT2D eigenvalue weighted by Crippen LogP contribution is 2.12. The first kappa shape index (κ1) is 17.7. The Morgan fingerprint density at radius 1 is 1.33 bits per heavy atom. The molecule has 0 unspecified atom stereocenters. The third kappa shape index (κ3) is 5.85. The molecule has 1 heterocycles. The van der Waals surface area contributed by atoms with Crippen molar-refractivity contribution >= 4 is 5.97 Å². The summed E-state index contributed by atoms with van der Waals surface area (Å²) in [4.78, 5) is 11.7. The van der Waals surface area contributed by atoms with Gasteiger partial charge in [0.1, 0.15) is 6.54 Å². The van der Waals surface area contributed by atoms with Crippen LogP contribution in [0.3, 0.4) is 0 Å². The molecule has 0 saturated heterocycles. The van der Waals surface area contributed by atoms with E-state index in [1.165, 1.54) is 0 Å². The molecule has 0 aliphatic heterocycles. The molecule has 0 amide bonds. The fourth-order valence-electron chi connectivity index (χ4n) is 2.03. The topological polar surface area (TPSA) is 65.4 Å². The Labute approximate surface area is 126 Å². The maximum atomic E-state index is 11.7. The van der Waals surface area contributed by atoms with Gasteiger partial charge in [-0.15, -0.1) is 0 Å². The highest BCUT2D eigenvalue weighted by molar-refractivity contribution is 5.69. The second-order valence-corrected chi connectivity index (χ2v) is 5.05. The Morgan fingerprint density at radius 2 is 2.10 bits per heavy atom. The maximum absolute atomic E-state index is 11.7. The summed E-state index contributed by atoms with van der Waals surface area (Å²) in [5.41, 5.74) is 3.08. The lowest BCUT2D eigenvalue weighted by molar-refractivity contribution is -0.144. The first-order valence-corrected chi connectivity index (χ1v) is 7.48. The van der Waals surface area contributed by atoms with Gasteiger partial charge in [-0.05, 0) is 20.3 Å². The predicted octanol–water partition coefficient (Wildman–Crippen LogP) is 1.58. The molecule has 0 saturated carbocycles. The number of ether oxygens (including phenoxy) is 2. The molecule has 6 heteroatoms. The molecular weight excluding hydrogens is 270 g/mol. The maximum Gasteiger partial charge on any atom is 0.327 e. The standard InChI is InChI=1S/C15H27N3O3/c1-5-6-8-21-15(19)11-18-13(3)14(12(2)17-18)10-16-7-9-20-4/h16H,5-11H2,1-4H3. The van der Waals surface area contributed by atoms with Gasteiger partial charge in [-0.2, -0.15) is 5.10 Å². The number of hydrogen-bond donors (Lipinski definition) is 1. The lowest BCUT2D eigenvalue weighted by Gasteiger charge is -2.07. The summed E-state index contributed by atoms with van der Waals surface area (Å²) in [5, 5.41) is 7.72. The van der Waals surface area contributed by atoms with Crippen molar-refractivity contribution in [3.63, 3.8) is 0 Å². The number of nitrogens with one attached hydrogen (secondary N) is 1. The Morgan fingerprint density at radius 3 is 2.76 bits per heavy atom. The van der Waals surface area contributed by atoms with Crippen molar-refractivity contribution in [2.75, 3.05) is 26.9 Å². The molecule has 6 nitrogen and oxygen atoms in total. The number of carbonyl (C=O) groups excluding carboxylic acids is 1. The molecule has 1 aromatic rings. The molecule has 0 atom stereocenters. The Kier molecular flexibility index (Phi) is 8.00. The van der Waals surface area contributed by atoms with Crippen LogP contribution in [0.25, 0.3) is 0 Å². The van der Waals surface area contributed by atoms with Gasteiger partial charge in [0.2, 0.25) is 0 Å². The Bertz CT molecular complexity index is 444. The summed E-state index contributed by atoms with van der Waals surface area (Å²) in [7, 11) is 1.68. The number of carbonyl (C=O) groups is 1. The van der Waals surface area contributed by atoms with E-state index in [1.807, 2.05) is 13.8 Å². The summed E-state index contributed by atoms with van der Waals surface area (Å²) < 4.78 is 11.9. The number of unbranched alkanes of at least 4 members (excludes halogenated alkanes) is 1. The van der Waals surface area contributed by atoms with Crippen molar-refractivity contribution in [2.45, 2.75) is 46.7 Å². The number of aromatic nitrogens is 2. The zero-order chi connectivity index (χ0) is 15.7. The molecule has 1 N–H and O–H groups in total. The molecular formula is C15H27N3O3. The number of methoxy groups -OCH3 is 1. The van der Waals surface area contributed by atoms with Crippen LogP contribution in [-0.4, -0.2) is 42.6 Å². The molecule has 0 spiro atoms. The van der Waals surface area contributed by atoms with E-state index in [2.05, 4.69) is 17.3 Å². The number of esters is 1. The third-order valence-corrected chi connectivity index (χ3v) is 3.36. The van der Waals surface area contributed by atoms with Crippen LogP contribution < -0.4 is 5.32 Å². The van der Waals surface area contributed by atoms with Crippen LogP contribution >= 0.6 is 0 Å². The van der Waals surface area contributed by atoms with Crippen molar-refractivity contribution in [3.8, 4) is 0 Å². The van der Waals surface area contributed by atoms with Gasteiger partial charge in [0.15, 0.2) is 0 Å². The van der Waals surface area contributed by atoms with E-state index in [-0.39, 0.29) is 12.5 Å². The fraction of sp³-hybridized carbons (Fsp3) is 0.733. The predicted molar refractivity (Wildman–Crippen MR) is 81.2 cm³/mol. The lowest BCUT2D eigenvalue weighted by Crippen LogP contribution is -2.20. The van der Waals surface area contributed by atoms with Crippen molar-refractivity contribution in [1.82, 2.24) is 15.1 Å². The summed E-state index contributed by atoms with van der Waals surface area (Å²) in [6.07, 6.45) is 1.92. The van der Waals surface area contributed by atoms with Crippen molar-refractivity contribution in [3.05, 3.63) is 17.0 Å². The Hall–Kier alpha value is -1.40. The first-order chi connectivity index (χ1) is 10.1. The van der Waals surface area contributed by atoms with Crippen molar-refractivity contribution in [2.24, 2.45) is 0 Å². The van der Waals surface area contributed by atoms with E-state index in [9.17, 15) is 4.79 Å². The zero-order valence-corrected chi connectivity index (χ0v) is 13.6. The van der Waals surface area contributed by atoms with Gasteiger partial charge < -0.3 is 14.8 Å². The molecule has 0 radical (unpaired) electrons. The van der Waals surface area contributed by atoms with E-state index in [0.29, 0.717) is 13.2 Å². The van der Waals surface area contributed by atoms with Crippen LogP contribution in [0.5, 0.6) is 0 Å². The van der Waals surface area contributed by atoms with E-state index >= 15 is 0 Å². The van der Waals surface area contributed by atoms with Gasteiger partial charge in [-0.3, -0.25) is 9.48 Å². The SMILES string of the molecule is CCCCOC(=O)Cn1nc(C)c(CNCCOC)c1C. The molecule has 0 aliphatic carbocycles. The van der Waals surface area contributed by atoms with Gasteiger partial charge >= 0.3 is 5.97 Å². The molecule has 120 valence electrons. The number of nitrogens with zero attached hydrogens (tertiary/aromatic N) is 2. The van der Waals surface area contributed by atoms with Crippen LogP contribution in [0.2, 0.25) is 0 Å². The highest BCUT2D eigenvalue weighted by atomic mass is 16.5. The summed E-state index contributed by atoms with van der Waals surface area (Å²) in [5.74, 6) is -0.229. The minimum absolute atomic E-state index is 0.175. The first-order valence-electron chi connectivity index (χ1n) is 7.48. The smallest absolute Gasteiger partial charge is 0.327 e. The van der Waals surface area contributed by atoms with E-state index in [0.717, 1.165) is 42.9 Å². The number of hydrogen-bond acceptors (Lipinski definition) is 5. The van der Waals surface area contributed by atoms with Crippen LogP contribution in [0.15, 0.2) is 0 Å². The quantitative estimate of drug-likeness (QED) is 0.525. The van der Waals surface area contributed by atoms with E-state index < -0.39 is 0 Å². The van der Waals surface area contributed by atoms with E-state index in [4.69, 9.17) is 9.47 Å². The minimum Gasteiger partial charge on any atom is -0.464 e. The number of rotatable bonds is 10. The normalized spacial score (nSPS) is 10.9. The van der Waals surface area contributed by atoms with Crippen molar-refractivity contribution < 1.29 is 14.3 Å². The highest BCUT2D eigenvalue weighted by Gasteiger charge is 2.14. The molecule has 0 aromatic carbocycles. The summed E-state index contributed by atoms with van der Waals surface area (Å²) in [6.45, 7) is 8.86. The van der Waals surface area contributed by atoms with Gasteiger partial charge in [-0.1, -0.05) is 13.3 Å². The lowest BCUT2D eigenvalue weighted by atomic mass is 10.2. The fourth-order valence-corrected chi connectivity index (χ4v) is 2.03. The second-order valence-electron chi connectivity index (χ2n) is 5.05. The van der Waals surface area contributed by atoms with Gasteiger partial charge in [-0.25, -0.2) is 0 Å². The average molecular weight is 297 g/mol. The van der Waals surface area contributed by atoms with Crippen molar-refractivity contribution in [1.29, 1.82) is 0 Å². The Balaban J connectivity index is 2.54. The zero-order valence-electron chi connectivity index (χ0n) is 13.6. The third-order valence-electron chi connectivity index (χ3n) is 3.36. The second kappa shape index (κ2) is 9.52. The van der Waals surface area contributed by atoms with Gasteiger partial charge in [0.25, 0.3) is 0 Å². The summed E-state index contributed by atoms with van der Waals surface area (Å²) >= 11 is 0. The molecule has 21 heavy (non-hydrogen) atoms. The van der Waals surface area contributed by atoms with Crippen LogP contribution in [0.1, 0.15) is 36.7 Å². The summed E-state index contributed by atoms with van der Waals surface area (Å²) in [6, 6.07) is 0. The van der Waals surface area contributed by atoms with Crippen LogP contribution in [0.4, 0.5) is 0 Å². The molecule has 0 aliphatic rings. The minimum atomic E-state index is -0.229. The van der Waals surface area contributed by atoms with Crippen LogP contribution in [0, 0.1) is 13.8 Å².